The fourth-order valence-corrected chi connectivity index (χ4v) is 3.11. The van der Waals surface area contributed by atoms with Crippen LogP contribution in [-0.4, -0.2) is 42.9 Å². The van der Waals surface area contributed by atoms with Gasteiger partial charge in [-0.1, -0.05) is 0 Å². The molecule has 1 aliphatic rings. The molecular weight excluding hydrogens is 272 g/mol. The molecule has 1 aliphatic heterocycles. The summed E-state index contributed by atoms with van der Waals surface area (Å²) in [5.74, 6) is 0.798. The molecule has 5 nitrogen and oxygen atoms in total. The van der Waals surface area contributed by atoms with E-state index >= 15 is 0 Å². The maximum atomic E-state index is 12.2. The molecule has 1 amide bonds. The predicted molar refractivity (Wildman–Crippen MR) is 83.1 cm³/mol. The van der Waals surface area contributed by atoms with Gasteiger partial charge in [-0.15, -0.1) is 11.3 Å². The molecule has 0 atom stereocenters. The number of fused-ring (bicyclic) bond motifs is 1. The van der Waals surface area contributed by atoms with Crippen molar-refractivity contribution in [1.82, 2.24) is 15.5 Å². The molecule has 1 aromatic rings. The van der Waals surface area contributed by atoms with Crippen molar-refractivity contribution in [1.29, 1.82) is 0 Å². The summed E-state index contributed by atoms with van der Waals surface area (Å²) in [4.78, 5) is 19.8. The van der Waals surface area contributed by atoms with Crippen LogP contribution in [0.25, 0.3) is 0 Å². The lowest BCUT2D eigenvalue weighted by molar-refractivity contribution is -0.130. The predicted octanol–water partition coefficient (Wildman–Crippen LogP) is 1.21. The van der Waals surface area contributed by atoms with Gasteiger partial charge in [-0.25, -0.2) is 4.99 Å². The SMILES string of the molecule is CCNC(=NCC(=O)N1CCc2sccc2C1)NCC. The van der Waals surface area contributed by atoms with Gasteiger partial charge in [0.25, 0.3) is 0 Å². The van der Waals surface area contributed by atoms with E-state index in [0.717, 1.165) is 32.6 Å². The van der Waals surface area contributed by atoms with E-state index in [2.05, 4.69) is 27.1 Å². The van der Waals surface area contributed by atoms with E-state index in [1.807, 2.05) is 18.7 Å². The van der Waals surface area contributed by atoms with Crippen LogP contribution < -0.4 is 10.6 Å². The number of hydrogen-bond donors (Lipinski definition) is 2. The lowest BCUT2D eigenvalue weighted by Gasteiger charge is -2.26. The van der Waals surface area contributed by atoms with Crippen molar-refractivity contribution in [3.63, 3.8) is 0 Å². The summed E-state index contributed by atoms with van der Waals surface area (Å²) in [6, 6.07) is 2.12. The molecule has 0 aromatic carbocycles. The molecule has 0 bridgehead atoms. The lowest BCUT2D eigenvalue weighted by Crippen LogP contribution is -2.40. The minimum Gasteiger partial charge on any atom is -0.357 e. The summed E-state index contributed by atoms with van der Waals surface area (Å²) in [5, 5.41) is 8.35. The van der Waals surface area contributed by atoms with Crippen LogP contribution >= 0.6 is 11.3 Å². The first-order valence-electron chi connectivity index (χ1n) is 7.09. The van der Waals surface area contributed by atoms with Crippen molar-refractivity contribution in [3.8, 4) is 0 Å². The molecule has 1 aromatic heterocycles. The van der Waals surface area contributed by atoms with Crippen LogP contribution in [0.3, 0.4) is 0 Å². The first kappa shape index (κ1) is 14.8. The molecule has 0 saturated heterocycles. The molecule has 0 unspecified atom stereocenters. The van der Waals surface area contributed by atoms with Crippen molar-refractivity contribution in [3.05, 3.63) is 21.9 Å². The van der Waals surface area contributed by atoms with Crippen LogP contribution in [0.2, 0.25) is 0 Å². The zero-order chi connectivity index (χ0) is 14.4. The first-order chi connectivity index (χ1) is 9.74. The maximum Gasteiger partial charge on any atom is 0.244 e. The average Bonchev–Trinajstić information content (AvgIpc) is 2.92. The number of thiophene rings is 1. The summed E-state index contributed by atoms with van der Waals surface area (Å²) in [6.07, 6.45) is 0.968. The maximum absolute atomic E-state index is 12.2. The lowest BCUT2D eigenvalue weighted by atomic mass is 10.1. The van der Waals surface area contributed by atoms with E-state index in [4.69, 9.17) is 0 Å². The number of hydrogen-bond acceptors (Lipinski definition) is 3. The van der Waals surface area contributed by atoms with Gasteiger partial charge in [0.1, 0.15) is 6.54 Å². The number of carbonyl (C=O) groups excluding carboxylic acids is 1. The second kappa shape index (κ2) is 7.28. The second-order valence-electron chi connectivity index (χ2n) is 4.66. The van der Waals surface area contributed by atoms with Crippen molar-refractivity contribution in [2.75, 3.05) is 26.2 Å². The Balaban J connectivity index is 1.90. The first-order valence-corrected chi connectivity index (χ1v) is 7.97. The Hall–Kier alpha value is -1.56. The Morgan fingerprint density at radius 3 is 2.85 bits per heavy atom. The van der Waals surface area contributed by atoms with Gasteiger partial charge in [-0.2, -0.15) is 0 Å². The van der Waals surface area contributed by atoms with E-state index in [1.54, 1.807) is 11.3 Å². The third-order valence-electron chi connectivity index (χ3n) is 3.22. The Morgan fingerprint density at radius 2 is 2.15 bits per heavy atom. The molecule has 110 valence electrons. The van der Waals surface area contributed by atoms with Crippen molar-refractivity contribution in [2.45, 2.75) is 26.8 Å². The van der Waals surface area contributed by atoms with E-state index in [-0.39, 0.29) is 12.5 Å². The van der Waals surface area contributed by atoms with E-state index in [1.165, 1.54) is 10.4 Å². The van der Waals surface area contributed by atoms with Crippen LogP contribution in [0.4, 0.5) is 0 Å². The number of carbonyl (C=O) groups is 1. The Kier molecular flexibility index (Phi) is 5.40. The number of aliphatic imine (C=N–C) groups is 1. The molecule has 0 aliphatic carbocycles. The number of amides is 1. The zero-order valence-corrected chi connectivity index (χ0v) is 12.9. The van der Waals surface area contributed by atoms with Crippen molar-refractivity contribution in [2.24, 2.45) is 4.99 Å². The van der Waals surface area contributed by atoms with E-state index in [9.17, 15) is 4.79 Å². The molecule has 0 fully saturated rings. The van der Waals surface area contributed by atoms with Crippen molar-refractivity contribution < 1.29 is 4.79 Å². The molecule has 6 heteroatoms. The van der Waals surface area contributed by atoms with E-state index < -0.39 is 0 Å². The Bertz CT molecular complexity index is 475. The van der Waals surface area contributed by atoms with Gasteiger partial charge in [-0.05, 0) is 37.3 Å². The Labute approximate surface area is 124 Å². The molecule has 0 radical (unpaired) electrons. The van der Waals surface area contributed by atoms with Crippen LogP contribution in [0.1, 0.15) is 24.3 Å². The topological polar surface area (TPSA) is 56.7 Å². The largest absolute Gasteiger partial charge is 0.357 e. The van der Waals surface area contributed by atoms with Gasteiger partial charge in [-0.3, -0.25) is 4.79 Å². The van der Waals surface area contributed by atoms with Crippen LogP contribution in [0.5, 0.6) is 0 Å². The number of rotatable bonds is 4. The highest BCUT2D eigenvalue weighted by Gasteiger charge is 2.20. The summed E-state index contributed by atoms with van der Waals surface area (Å²) < 4.78 is 0. The fraction of sp³-hybridized carbons (Fsp3) is 0.571. The number of guanidine groups is 1. The minimum atomic E-state index is 0.0927. The normalized spacial score (nSPS) is 13.6. The average molecular weight is 294 g/mol. The number of nitrogens with zero attached hydrogens (tertiary/aromatic N) is 2. The van der Waals surface area contributed by atoms with Gasteiger partial charge in [0.05, 0.1) is 0 Å². The summed E-state index contributed by atoms with van der Waals surface area (Å²) in [7, 11) is 0. The van der Waals surface area contributed by atoms with Gasteiger partial charge >= 0.3 is 0 Å². The molecule has 2 heterocycles. The molecule has 0 saturated carbocycles. The standard InChI is InChI=1S/C14H22N4OS/c1-3-15-14(16-4-2)17-9-13(19)18-7-5-12-11(10-18)6-8-20-12/h6,8H,3-5,7,9-10H2,1-2H3,(H2,15,16,17). The van der Waals surface area contributed by atoms with Gasteiger partial charge in [0.2, 0.25) is 5.91 Å². The smallest absolute Gasteiger partial charge is 0.244 e. The highest BCUT2D eigenvalue weighted by molar-refractivity contribution is 7.10. The summed E-state index contributed by atoms with van der Waals surface area (Å²) in [6.45, 7) is 7.35. The summed E-state index contributed by atoms with van der Waals surface area (Å²) in [5.41, 5.74) is 1.29. The number of nitrogens with one attached hydrogen (secondary N) is 2. The second-order valence-corrected chi connectivity index (χ2v) is 5.66. The molecule has 20 heavy (non-hydrogen) atoms. The highest BCUT2D eigenvalue weighted by atomic mass is 32.1. The van der Waals surface area contributed by atoms with Crippen molar-refractivity contribution >= 4 is 23.2 Å². The van der Waals surface area contributed by atoms with Gasteiger partial charge < -0.3 is 15.5 Å². The highest BCUT2D eigenvalue weighted by Crippen LogP contribution is 2.23. The van der Waals surface area contributed by atoms with Crippen LogP contribution in [-0.2, 0) is 17.8 Å². The molecule has 2 rings (SSSR count). The minimum absolute atomic E-state index is 0.0927. The van der Waals surface area contributed by atoms with E-state index in [0.29, 0.717) is 5.96 Å². The quantitative estimate of drug-likeness (QED) is 0.648. The molecule has 0 spiro atoms. The molecule has 2 N–H and O–H groups in total. The third-order valence-corrected chi connectivity index (χ3v) is 4.24. The fourth-order valence-electron chi connectivity index (χ4n) is 2.22. The van der Waals surface area contributed by atoms with Gasteiger partial charge in [0, 0.05) is 31.1 Å². The van der Waals surface area contributed by atoms with Crippen LogP contribution in [0.15, 0.2) is 16.4 Å². The summed E-state index contributed by atoms with van der Waals surface area (Å²) >= 11 is 1.79. The third kappa shape index (κ3) is 3.72. The molecular formula is C14H22N4OS. The zero-order valence-electron chi connectivity index (χ0n) is 12.1. The van der Waals surface area contributed by atoms with Crippen LogP contribution in [0, 0.1) is 0 Å². The monoisotopic (exact) mass is 294 g/mol. The Morgan fingerprint density at radius 1 is 1.40 bits per heavy atom. The van der Waals surface area contributed by atoms with Gasteiger partial charge in [0.15, 0.2) is 5.96 Å².